The number of guanidine groups is 1. The molecule has 1 aromatic heterocycles. The Labute approximate surface area is 183 Å². The van der Waals surface area contributed by atoms with Crippen LogP contribution in [0.5, 0.6) is 0 Å². The van der Waals surface area contributed by atoms with Crippen molar-refractivity contribution in [3.05, 3.63) is 78.0 Å². The van der Waals surface area contributed by atoms with Crippen LogP contribution >= 0.6 is 24.0 Å². The normalized spacial score (nSPS) is 12.3. The van der Waals surface area contributed by atoms with Gasteiger partial charge in [0, 0.05) is 30.6 Å². The summed E-state index contributed by atoms with van der Waals surface area (Å²) in [5.74, 6) is 0.768. The molecule has 6 heteroatoms. The van der Waals surface area contributed by atoms with E-state index in [0.717, 1.165) is 34.5 Å². The number of rotatable bonds is 7. The molecular weight excluding hydrogens is 463 g/mol. The molecule has 2 aromatic carbocycles. The Kier molecular flexibility index (Phi) is 9.16. The molecule has 28 heavy (non-hydrogen) atoms. The van der Waals surface area contributed by atoms with E-state index in [2.05, 4.69) is 21.7 Å². The van der Waals surface area contributed by atoms with Gasteiger partial charge in [-0.3, -0.25) is 4.98 Å². The Balaban J connectivity index is 0.00000280. The predicted octanol–water partition coefficient (Wildman–Crippen LogP) is 3.68. The van der Waals surface area contributed by atoms with Crippen molar-refractivity contribution >= 4 is 40.8 Å². The number of para-hydroxylation sites is 1. The van der Waals surface area contributed by atoms with Gasteiger partial charge in [-0.1, -0.05) is 48.5 Å². The van der Waals surface area contributed by atoms with Gasteiger partial charge in [0.05, 0.1) is 18.7 Å². The average Bonchev–Trinajstić information content (AvgIpc) is 2.73. The molecule has 0 spiro atoms. The largest absolute Gasteiger partial charge is 0.396 e. The summed E-state index contributed by atoms with van der Waals surface area (Å²) in [6.45, 7) is 4.08. The lowest BCUT2D eigenvalue weighted by atomic mass is 10.0. The third-order valence-corrected chi connectivity index (χ3v) is 4.50. The van der Waals surface area contributed by atoms with E-state index in [9.17, 15) is 5.11 Å². The third-order valence-electron chi connectivity index (χ3n) is 4.50. The Morgan fingerprint density at radius 3 is 2.54 bits per heavy atom. The molecule has 1 atom stereocenters. The lowest BCUT2D eigenvalue weighted by Crippen LogP contribution is -2.39. The molecule has 5 nitrogen and oxygen atoms in total. The lowest BCUT2D eigenvalue weighted by Gasteiger charge is -2.18. The molecule has 0 aliphatic rings. The van der Waals surface area contributed by atoms with Gasteiger partial charge < -0.3 is 15.7 Å². The number of hydrogen-bond acceptors (Lipinski definition) is 3. The molecule has 0 bridgehead atoms. The summed E-state index contributed by atoms with van der Waals surface area (Å²) < 4.78 is 0. The van der Waals surface area contributed by atoms with E-state index >= 15 is 0 Å². The number of hydrogen-bond donors (Lipinski definition) is 3. The minimum atomic E-state index is 0. The molecule has 0 aliphatic carbocycles. The van der Waals surface area contributed by atoms with E-state index in [1.54, 1.807) is 0 Å². The van der Waals surface area contributed by atoms with E-state index in [1.807, 2.05) is 67.7 Å². The Morgan fingerprint density at radius 1 is 1.04 bits per heavy atom. The maximum absolute atomic E-state index is 9.74. The van der Waals surface area contributed by atoms with Crippen molar-refractivity contribution in [1.82, 2.24) is 15.6 Å². The number of aliphatic hydroxyl groups excluding tert-OH is 1. The van der Waals surface area contributed by atoms with Crippen molar-refractivity contribution in [3.8, 4) is 0 Å². The molecule has 148 valence electrons. The highest BCUT2D eigenvalue weighted by molar-refractivity contribution is 14.0. The van der Waals surface area contributed by atoms with Gasteiger partial charge in [0.25, 0.3) is 0 Å². The van der Waals surface area contributed by atoms with Crippen molar-refractivity contribution in [3.63, 3.8) is 0 Å². The maximum atomic E-state index is 9.74. The number of halogens is 1. The van der Waals surface area contributed by atoms with Gasteiger partial charge in [-0.2, -0.15) is 0 Å². The predicted molar refractivity (Wildman–Crippen MR) is 126 cm³/mol. The second-order valence-electron chi connectivity index (χ2n) is 6.35. The van der Waals surface area contributed by atoms with Crippen LogP contribution in [0.1, 0.15) is 24.0 Å². The Bertz CT molecular complexity index is 881. The molecule has 0 fully saturated rings. The Hall–Kier alpha value is -2.19. The zero-order valence-corrected chi connectivity index (χ0v) is 18.3. The van der Waals surface area contributed by atoms with Crippen LogP contribution in [0.3, 0.4) is 0 Å². The summed E-state index contributed by atoms with van der Waals surface area (Å²) in [4.78, 5) is 9.12. The quantitative estimate of drug-likeness (QED) is 0.269. The molecule has 1 heterocycles. The SMILES string of the molecule is CCNC(=NCc1ccnc2ccccc12)NCC(CO)c1ccccc1.I. The zero-order chi connectivity index (χ0) is 18.9. The van der Waals surface area contributed by atoms with E-state index in [4.69, 9.17) is 4.99 Å². The molecule has 0 saturated carbocycles. The van der Waals surface area contributed by atoms with Gasteiger partial charge in [-0.25, -0.2) is 4.99 Å². The molecule has 0 radical (unpaired) electrons. The first-order valence-corrected chi connectivity index (χ1v) is 9.32. The highest BCUT2D eigenvalue weighted by Crippen LogP contribution is 2.17. The fourth-order valence-corrected chi connectivity index (χ4v) is 3.03. The molecule has 3 aromatic rings. The molecule has 1 unspecified atom stereocenters. The first kappa shape index (κ1) is 22.1. The van der Waals surface area contributed by atoms with Gasteiger partial charge in [0.2, 0.25) is 0 Å². The Morgan fingerprint density at radius 2 is 1.79 bits per heavy atom. The van der Waals surface area contributed by atoms with E-state index in [1.165, 1.54) is 0 Å². The van der Waals surface area contributed by atoms with Gasteiger partial charge in [0.1, 0.15) is 0 Å². The van der Waals surface area contributed by atoms with Crippen molar-refractivity contribution in [1.29, 1.82) is 0 Å². The topological polar surface area (TPSA) is 69.5 Å². The summed E-state index contributed by atoms with van der Waals surface area (Å²) >= 11 is 0. The third kappa shape index (κ3) is 5.90. The minimum absolute atomic E-state index is 0. The second-order valence-corrected chi connectivity index (χ2v) is 6.35. The van der Waals surface area contributed by atoms with E-state index in [0.29, 0.717) is 13.1 Å². The molecule has 0 amide bonds. The summed E-state index contributed by atoms with van der Waals surface area (Å²) in [5.41, 5.74) is 3.23. The molecule has 0 aliphatic heterocycles. The van der Waals surface area contributed by atoms with E-state index in [-0.39, 0.29) is 36.5 Å². The van der Waals surface area contributed by atoms with Gasteiger partial charge in [-0.15, -0.1) is 24.0 Å². The van der Waals surface area contributed by atoms with Crippen LogP contribution in [0.15, 0.2) is 71.9 Å². The van der Waals surface area contributed by atoms with E-state index < -0.39 is 0 Å². The summed E-state index contributed by atoms with van der Waals surface area (Å²) in [6.07, 6.45) is 1.82. The van der Waals surface area contributed by atoms with Crippen molar-refractivity contribution in [2.45, 2.75) is 19.4 Å². The number of fused-ring (bicyclic) bond motifs is 1. The highest BCUT2D eigenvalue weighted by Gasteiger charge is 2.11. The molecule has 3 rings (SSSR count). The number of benzene rings is 2. The van der Waals surface area contributed by atoms with Crippen molar-refractivity contribution in [2.75, 3.05) is 19.7 Å². The van der Waals surface area contributed by atoms with Crippen molar-refractivity contribution in [2.24, 2.45) is 4.99 Å². The number of pyridine rings is 1. The number of nitrogens with zero attached hydrogens (tertiary/aromatic N) is 2. The summed E-state index contributed by atoms with van der Waals surface area (Å²) in [5, 5.41) is 17.5. The number of aliphatic imine (C=N–C) groups is 1. The maximum Gasteiger partial charge on any atom is 0.191 e. The average molecular weight is 490 g/mol. The molecule has 3 N–H and O–H groups in total. The second kappa shape index (κ2) is 11.6. The van der Waals surface area contributed by atoms with Crippen LogP contribution in [0.4, 0.5) is 0 Å². The minimum Gasteiger partial charge on any atom is -0.396 e. The summed E-state index contributed by atoms with van der Waals surface area (Å²) in [6, 6.07) is 20.1. The van der Waals surface area contributed by atoms with Gasteiger partial charge >= 0.3 is 0 Å². The smallest absolute Gasteiger partial charge is 0.191 e. The first-order valence-electron chi connectivity index (χ1n) is 9.32. The standard InChI is InChI=1S/C22H26N4O.HI/c1-2-23-22(26-15-19(16-27)17-8-4-3-5-9-17)25-14-18-12-13-24-21-11-7-6-10-20(18)21;/h3-13,19,27H,2,14-16H2,1H3,(H2,23,25,26);1H. The summed E-state index contributed by atoms with van der Waals surface area (Å²) in [7, 11) is 0. The number of aromatic nitrogens is 1. The van der Waals surface area contributed by atoms with Crippen LogP contribution in [-0.2, 0) is 6.54 Å². The van der Waals surface area contributed by atoms with Gasteiger partial charge in [0.15, 0.2) is 5.96 Å². The molecule has 0 saturated heterocycles. The zero-order valence-electron chi connectivity index (χ0n) is 16.0. The first-order chi connectivity index (χ1) is 13.3. The number of nitrogens with one attached hydrogen (secondary N) is 2. The molecular formula is C22H27IN4O. The fourth-order valence-electron chi connectivity index (χ4n) is 3.03. The lowest BCUT2D eigenvalue weighted by molar-refractivity contribution is 0.265. The van der Waals surface area contributed by atoms with Crippen LogP contribution in [0.2, 0.25) is 0 Å². The van der Waals surface area contributed by atoms with Crippen LogP contribution in [0, 0.1) is 0 Å². The fraction of sp³-hybridized carbons (Fsp3) is 0.273. The van der Waals surface area contributed by atoms with Crippen LogP contribution in [-0.4, -0.2) is 35.7 Å². The van der Waals surface area contributed by atoms with Gasteiger partial charge in [-0.05, 0) is 30.2 Å². The highest BCUT2D eigenvalue weighted by atomic mass is 127. The monoisotopic (exact) mass is 490 g/mol. The van der Waals surface area contributed by atoms with Crippen LogP contribution in [0.25, 0.3) is 10.9 Å². The van der Waals surface area contributed by atoms with Crippen LogP contribution < -0.4 is 10.6 Å². The van der Waals surface area contributed by atoms with Crippen molar-refractivity contribution < 1.29 is 5.11 Å². The number of aliphatic hydroxyl groups is 1.